The van der Waals surface area contributed by atoms with Crippen molar-refractivity contribution in [2.75, 3.05) is 7.05 Å². The van der Waals surface area contributed by atoms with Crippen LogP contribution in [-0.2, 0) is 5.75 Å². The van der Waals surface area contributed by atoms with Crippen LogP contribution in [-0.4, -0.2) is 37.7 Å². The summed E-state index contributed by atoms with van der Waals surface area (Å²) in [5.74, 6) is 1.93. The number of nitrogens with one attached hydrogen (secondary N) is 2. The lowest BCUT2D eigenvalue weighted by Gasteiger charge is -2.18. The standard InChI is InChI=1S/C14H12N6OS/c1-15-14(21)12-11(16-7-17-12)13-19-18-10-6-22-9-5-3-2-4-8(9)20(10)13/h2-5,7H,6H2,1H3,(H,15,21)(H,16,17). The van der Waals surface area contributed by atoms with E-state index < -0.39 is 0 Å². The normalized spacial score (nSPS) is 12.6. The molecule has 110 valence electrons. The summed E-state index contributed by atoms with van der Waals surface area (Å²) in [6.07, 6.45) is 1.49. The molecule has 0 radical (unpaired) electrons. The number of imidazole rings is 1. The van der Waals surface area contributed by atoms with Crippen molar-refractivity contribution in [1.29, 1.82) is 0 Å². The Morgan fingerprint density at radius 1 is 1.36 bits per heavy atom. The minimum atomic E-state index is -0.233. The molecule has 3 heterocycles. The number of H-pyrrole nitrogens is 1. The molecule has 0 aliphatic carbocycles. The predicted molar refractivity (Wildman–Crippen MR) is 81.9 cm³/mol. The number of carbonyl (C=O) groups excluding carboxylic acids is 1. The fourth-order valence-corrected chi connectivity index (χ4v) is 3.44. The van der Waals surface area contributed by atoms with Crippen molar-refractivity contribution in [3.05, 3.63) is 42.1 Å². The fourth-order valence-electron chi connectivity index (χ4n) is 2.48. The van der Waals surface area contributed by atoms with Gasteiger partial charge >= 0.3 is 0 Å². The van der Waals surface area contributed by atoms with Crippen LogP contribution in [0, 0.1) is 0 Å². The van der Waals surface area contributed by atoms with Crippen LogP contribution in [0.3, 0.4) is 0 Å². The third kappa shape index (κ3) is 1.84. The Kier molecular flexibility index (Phi) is 2.97. The van der Waals surface area contributed by atoms with E-state index in [1.807, 2.05) is 22.8 Å². The third-order valence-corrected chi connectivity index (χ3v) is 4.56. The number of rotatable bonds is 2. The van der Waals surface area contributed by atoms with E-state index in [-0.39, 0.29) is 5.91 Å². The molecule has 0 bridgehead atoms. The minimum Gasteiger partial charge on any atom is -0.354 e. The molecule has 0 saturated carbocycles. The molecule has 1 aliphatic heterocycles. The molecule has 0 atom stereocenters. The van der Waals surface area contributed by atoms with Crippen molar-refractivity contribution in [2.45, 2.75) is 10.6 Å². The second kappa shape index (κ2) is 4.99. The topological polar surface area (TPSA) is 88.5 Å². The number of hydrogen-bond donors (Lipinski definition) is 2. The molecule has 1 aliphatic rings. The smallest absolute Gasteiger partial charge is 0.269 e. The zero-order valence-corrected chi connectivity index (χ0v) is 12.5. The highest BCUT2D eigenvalue weighted by Crippen LogP contribution is 2.37. The number of amides is 1. The predicted octanol–water partition coefficient (Wildman–Crippen LogP) is 1.62. The molecule has 7 nitrogen and oxygen atoms in total. The number of aromatic nitrogens is 5. The molecule has 8 heteroatoms. The van der Waals surface area contributed by atoms with Crippen LogP contribution in [0.15, 0.2) is 35.5 Å². The van der Waals surface area contributed by atoms with Crippen LogP contribution in [0.1, 0.15) is 16.3 Å². The van der Waals surface area contributed by atoms with Gasteiger partial charge in [-0.15, -0.1) is 22.0 Å². The zero-order valence-electron chi connectivity index (χ0n) is 11.7. The van der Waals surface area contributed by atoms with E-state index in [4.69, 9.17) is 0 Å². The van der Waals surface area contributed by atoms with Crippen molar-refractivity contribution in [1.82, 2.24) is 30.0 Å². The van der Waals surface area contributed by atoms with E-state index in [0.29, 0.717) is 17.2 Å². The maximum absolute atomic E-state index is 12.0. The molecule has 1 amide bonds. The Morgan fingerprint density at radius 2 is 2.23 bits per heavy atom. The Labute approximate surface area is 130 Å². The summed E-state index contributed by atoms with van der Waals surface area (Å²) >= 11 is 1.73. The van der Waals surface area contributed by atoms with Crippen LogP contribution < -0.4 is 5.32 Å². The molecule has 0 saturated heterocycles. The number of nitrogens with zero attached hydrogens (tertiary/aromatic N) is 4. The van der Waals surface area contributed by atoms with Crippen LogP contribution in [0.25, 0.3) is 17.2 Å². The first-order valence-electron chi connectivity index (χ1n) is 6.72. The number of benzene rings is 1. The summed E-state index contributed by atoms with van der Waals surface area (Å²) in [7, 11) is 1.58. The highest BCUT2D eigenvalue weighted by Gasteiger charge is 2.26. The van der Waals surface area contributed by atoms with Crippen molar-refractivity contribution in [3.8, 4) is 17.2 Å². The molecule has 0 fully saturated rings. The van der Waals surface area contributed by atoms with Gasteiger partial charge in [-0.3, -0.25) is 9.36 Å². The Hall–Kier alpha value is -2.61. The van der Waals surface area contributed by atoms with Gasteiger partial charge in [0, 0.05) is 11.9 Å². The van der Waals surface area contributed by atoms with Gasteiger partial charge in [-0.25, -0.2) is 4.98 Å². The average molecular weight is 312 g/mol. The first kappa shape index (κ1) is 13.1. The Morgan fingerprint density at radius 3 is 3.09 bits per heavy atom. The van der Waals surface area contributed by atoms with E-state index in [1.54, 1.807) is 18.8 Å². The zero-order chi connectivity index (χ0) is 15.1. The molecular weight excluding hydrogens is 300 g/mol. The maximum Gasteiger partial charge on any atom is 0.269 e. The fraction of sp³-hybridized carbons (Fsp3) is 0.143. The van der Waals surface area contributed by atoms with Crippen LogP contribution in [0.5, 0.6) is 0 Å². The quantitative estimate of drug-likeness (QED) is 0.751. The van der Waals surface area contributed by atoms with Gasteiger partial charge in [-0.2, -0.15) is 0 Å². The molecule has 2 N–H and O–H groups in total. The number of carbonyl (C=O) groups is 1. The lowest BCUT2D eigenvalue weighted by Crippen LogP contribution is -2.19. The molecule has 0 spiro atoms. The highest BCUT2D eigenvalue weighted by atomic mass is 32.2. The van der Waals surface area contributed by atoms with Gasteiger partial charge in [-0.05, 0) is 12.1 Å². The summed E-state index contributed by atoms with van der Waals surface area (Å²) in [5, 5.41) is 11.1. The van der Waals surface area contributed by atoms with Crippen LogP contribution >= 0.6 is 11.8 Å². The molecule has 2 aromatic heterocycles. The van der Waals surface area contributed by atoms with Crippen LogP contribution in [0.4, 0.5) is 0 Å². The second-order valence-electron chi connectivity index (χ2n) is 4.74. The molecule has 1 aromatic carbocycles. The highest BCUT2D eigenvalue weighted by molar-refractivity contribution is 7.98. The van der Waals surface area contributed by atoms with Gasteiger partial charge in [0.2, 0.25) is 0 Å². The van der Waals surface area contributed by atoms with Gasteiger partial charge in [0.05, 0.1) is 17.8 Å². The van der Waals surface area contributed by atoms with Gasteiger partial charge < -0.3 is 10.3 Å². The Balaban J connectivity index is 1.93. The van der Waals surface area contributed by atoms with E-state index in [1.165, 1.54) is 6.33 Å². The van der Waals surface area contributed by atoms with Gasteiger partial charge in [-0.1, -0.05) is 12.1 Å². The number of thioether (sulfide) groups is 1. The largest absolute Gasteiger partial charge is 0.354 e. The Bertz CT molecular complexity index is 868. The van der Waals surface area contributed by atoms with E-state index in [0.717, 1.165) is 22.2 Å². The average Bonchev–Trinajstić information content (AvgIpc) is 3.20. The summed E-state index contributed by atoms with van der Waals surface area (Å²) in [6.45, 7) is 0. The molecule has 0 unspecified atom stereocenters. The lowest BCUT2D eigenvalue weighted by atomic mass is 10.2. The van der Waals surface area contributed by atoms with Gasteiger partial charge in [0.1, 0.15) is 17.2 Å². The lowest BCUT2D eigenvalue weighted by molar-refractivity contribution is 0.0959. The SMILES string of the molecule is CNC(=O)c1[nH]cnc1-c1nnc2n1-c1ccccc1SC2. The van der Waals surface area contributed by atoms with Crippen molar-refractivity contribution < 1.29 is 4.79 Å². The molecule has 22 heavy (non-hydrogen) atoms. The van der Waals surface area contributed by atoms with Gasteiger partial charge in [0.15, 0.2) is 5.82 Å². The summed E-state index contributed by atoms with van der Waals surface area (Å²) in [5.41, 5.74) is 1.90. The van der Waals surface area contributed by atoms with E-state index in [2.05, 4.69) is 31.5 Å². The second-order valence-corrected chi connectivity index (χ2v) is 5.75. The molecule has 3 aromatic rings. The summed E-state index contributed by atoms with van der Waals surface area (Å²) in [4.78, 5) is 20.2. The van der Waals surface area contributed by atoms with Crippen LogP contribution in [0.2, 0.25) is 0 Å². The first-order chi connectivity index (χ1) is 10.8. The number of aromatic amines is 1. The molecular formula is C14H12N6OS. The minimum absolute atomic E-state index is 0.233. The first-order valence-corrected chi connectivity index (χ1v) is 7.70. The van der Waals surface area contributed by atoms with E-state index in [9.17, 15) is 4.79 Å². The molecule has 4 rings (SSSR count). The maximum atomic E-state index is 12.0. The van der Waals surface area contributed by atoms with Crippen molar-refractivity contribution in [2.24, 2.45) is 0 Å². The third-order valence-electron chi connectivity index (χ3n) is 3.50. The summed E-state index contributed by atoms with van der Waals surface area (Å²) in [6, 6.07) is 8.06. The van der Waals surface area contributed by atoms with E-state index >= 15 is 0 Å². The number of para-hydroxylation sites is 1. The number of hydrogen-bond acceptors (Lipinski definition) is 5. The van der Waals surface area contributed by atoms with Crippen molar-refractivity contribution >= 4 is 17.7 Å². The van der Waals surface area contributed by atoms with Crippen molar-refractivity contribution in [3.63, 3.8) is 0 Å². The van der Waals surface area contributed by atoms with Gasteiger partial charge in [0.25, 0.3) is 5.91 Å². The number of fused-ring (bicyclic) bond motifs is 3. The monoisotopic (exact) mass is 312 g/mol. The summed E-state index contributed by atoms with van der Waals surface area (Å²) < 4.78 is 1.97.